The number of hydrogen-bond donors (Lipinski definition) is 3. The summed E-state index contributed by atoms with van der Waals surface area (Å²) in [5, 5.41) is 9.24. The molecule has 0 saturated heterocycles. The van der Waals surface area contributed by atoms with E-state index in [-0.39, 0.29) is 18.5 Å². The molecule has 0 aromatic carbocycles. The van der Waals surface area contributed by atoms with Crippen molar-refractivity contribution in [3.8, 4) is 11.8 Å². The van der Waals surface area contributed by atoms with Crippen molar-refractivity contribution in [3.05, 3.63) is 41.7 Å². The Morgan fingerprint density at radius 2 is 2.40 bits per heavy atom. The lowest BCUT2D eigenvalue weighted by molar-refractivity contribution is 0.0938. The quantitative estimate of drug-likeness (QED) is 0.680. The third-order valence-corrected chi connectivity index (χ3v) is 2.53. The van der Waals surface area contributed by atoms with Crippen molar-refractivity contribution in [1.29, 1.82) is 0 Å². The van der Waals surface area contributed by atoms with Crippen molar-refractivity contribution in [3.63, 3.8) is 0 Å². The maximum Gasteiger partial charge on any atom is 0.253 e. The number of carbonyl (C=O) groups is 1. The summed E-state index contributed by atoms with van der Waals surface area (Å²) in [6, 6.07) is 1.39. The van der Waals surface area contributed by atoms with E-state index in [1.165, 1.54) is 12.5 Å². The molecule has 2 rings (SSSR count). The van der Waals surface area contributed by atoms with E-state index < -0.39 is 0 Å². The molecule has 0 aliphatic rings. The van der Waals surface area contributed by atoms with Gasteiger partial charge in [-0.25, -0.2) is 4.98 Å². The Morgan fingerprint density at radius 3 is 3.10 bits per heavy atom. The minimum Gasteiger partial charge on any atom is -0.342 e. The average molecular weight is 270 g/mol. The van der Waals surface area contributed by atoms with E-state index >= 15 is 0 Å². The predicted molar refractivity (Wildman–Crippen MR) is 72.4 cm³/mol. The van der Waals surface area contributed by atoms with Crippen LogP contribution in [-0.2, 0) is 0 Å². The molecule has 2 heterocycles. The van der Waals surface area contributed by atoms with Crippen molar-refractivity contribution >= 4 is 5.91 Å². The van der Waals surface area contributed by atoms with Crippen LogP contribution in [-0.4, -0.2) is 32.6 Å². The minimum atomic E-state index is -0.274. The van der Waals surface area contributed by atoms with Crippen LogP contribution in [0.2, 0.25) is 0 Å². The highest BCUT2D eigenvalue weighted by atomic mass is 16.1. The van der Waals surface area contributed by atoms with Gasteiger partial charge >= 0.3 is 0 Å². The fraction of sp³-hybridized carbons (Fsp3) is 0.231. The highest BCUT2D eigenvalue weighted by Gasteiger charge is 2.13. The van der Waals surface area contributed by atoms with Gasteiger partial charge in [0.05, 0.1) is 18.2 Å². The first-order valence-electron chi connectivity index (χ1n) is 6.01. The van der Waals surface area contributed by atoms with E-state index in [4.69, 9.17) is 5.73 Å². The number of rotatable bonds is 3. The zero-order valence-electron chi connectivity index (χ0n) is 10.9. The van der Waals surface area contributed by atoms with Crippen molar-refractivity contribution in [1.82, 2.24) is 25.5 Å². The molecule has 0 spiro atoms. The Balaban J connectivity index is 2.09. The van der Waals surface area contributed by atoms with Crippen LogP contribution in [0.5, 0.6) is 0 Å². The van der Waals surface area contributed by atoms with Crippen LogP contribution < -0.4 is 11.1 Å². The van der Waals surface area contributed by atoms with Crippen LogP contribution in [0.4, 0.5) is 0 Å². The maximum atomic E-state index is 12.1. The Morgan fingerprint density at radius 1 is 1.55 bits per heavy atom. The number of aromatic nitrogens is 4. The molecule has 0 bridgehead atoms. The maximum absolute atomic E-state index is 12.1. The highest BCUT2D eigenvalue weighted by molar-refractivity contribution is 5.94. The Kier molecular flexibility index (Phi) is 4.42. The van der Waals surface area contributed by atoms with Crippen LogP contribution in [0, 0.1) is 11.8 Å². The van der Waals surface area contributed by atoms with E-state index in [1.807, 2.05) is 6.92 Å². The first kappa shape index (κ1) is 13.7. The molecule has 20 heavy (non-hydrogen) atoms. The second-order valence-electron chi connectivity index (χ2n) is 4.03. The van der Waals surface area contributed by atoms with E-state index in [9.17, 15) is 4.79 Å². The highest BCUT2D eigenvalue weighted by Crippen LogP contribution is 2.07. The molecule has 2 aromatic heterocycles. The second-order valence-corrected chi connectivity index (χ2v) is 4.03. The Labute approximate surface area is 116 Å². The van der Waals surface area contributed by atoms with Crippen molar-refractivity contribution in [2.75, 3.05) is 6.54 Å². The minimum absolute atomic E-state index is 0.252. The summed E-state index contributed by atoms with van der Waals surface area (Å²) in [5.41, 5.74) is 6.38. The van der Waals surface area contributed by atoms with Gasteiger partial charge in [-0.3, -0.25) is 14.9 Å². The number of pyridine rings is 1. The SMILES string of the molecule is CC(NC(=O)c1cncc(C#CCN)c1)c1ncn[nH]1. The summed E-state index contributed by atoms with van der Waals surface area (Å²) in [6.45, 7) is 2.07. The number of nitrogens with one attached hydrogen (secondary N) is 2. The summed E-state index contributed by atoms with van der Waals surface area (Å²) < 4.78 is 0. The third kappa shape index (κ3) is 3.40. The predicted octanol–water partition coefficient (Wildman–Crippen LogP) is 0.000900. The molecule has 0 radical (unpaired) electrons. The normalized spacial score (nSPS) is 11.3. The standard InChI is InChI=1S/C13H14N6O/c1-9(12-16-8-17-19-12)18-13(20)11-5-10(3-2-4-14)6-15-7-11/h5-9H,4,14H2,1H3,(H,18,20)(H,16,17,19). The molecule has 4 N–H and O–H groups in total. The van der Waals surface area contributed by atoms with Crippen LogP contribution in [0.25, 0.3) is 0 Å². The van der Waals surface area contributed by atoms with Crippen molar-refractivity contribution in [2.24, 2.45) is 5.73 Å². The molecule has 0 saturated carbocycles. The Bertz CT molecular complexity index is 640. The molecule has 102 valence electrons. The molecule has 0 fully saturated rings. The van der Waals surface area contributed by atoms with Gasteiger partial charge in [0.1, 0.15) is 12.2 Å². The van der Waals surface area contributed by atoms with Gasteiger partial charge < -0.3 is 11.1 Å². The number of nitrogens with two attached hydrogens (primary N) is 1. The summed E-state index contributed by atoms with van der Waals surface area (Å²) in [7, 11) is 0. The zero-order valence-corrected chi connectivity index (χ0v) is 10.9. The van der Waals surface area contributed by atoms with Crippen molar-refractivity contribution < 1.29 is 4.79 Å². The molecular weight excluding hydrogens is 256 g/mol. The second kappa shape index (κ2) is 6.45. The van der Waals surface area contributed by atoms with Gasteiger partial charge in [0.25, 0.3) is 5.91 Å². The number of nitrogens with zero attached hydrogens (tertiary/aromatic N) is 3. The third-order valence-electron chi connectivity index (χ3n) is 2.53. The number of amides is 1. The Hall–Kier alpha value is -2.72. The van der Waals surface area contributed by atoms with Gasteiger partial charge in [-0.2, -0.15) is 5.10 Å². The summed E-state index contributed by atoms with van der Waals surface area (Å²) in [4.78, 5) is 20.1. The molecule has 1 amide bonds. The van der Waals surface area contributed by atoms with E-state index in [0.29, 0.717) is 17.0 Å². The smallest absolute Gasteiger partial charge is 0.253 e. The molecule has 1 atom stereocenters. The van der Waals surface area contributed by atoms with Crippen molar-refractivity contribution in [2.45, 2.75) is 13.0 Å². The fourth-order valence-corrected chi connectivity index (χ4v) is 1.56. The topological polar surface area (TPSA) is 110 Å². The lowest BCUT2D eigenvalue weighted by Gasteiger charge is -2.10. The zero-order chi connectivity index (χ0) is 14.4. The number of aromatic amines is 1. The largest absolute Gasteiger partial charge is 0.342 e. The number of H-pyrrole nitrogens is 1. The summed E-state index contributed by atoms with van der Waals surface area (Å²) in [5.74, 6) is 5.89. The first-order valence-corrected chi connectivity index (χ1v) is 6.01. The lowest BCUT2D eigenvalue weighted by Crippen LogP contribution is -2.27. The van der Waals surface area contributed by atoms with E-state index in [0.717, 1.165) is 0 Å². The lowest BCUT2D eigenvalue weighted by atomic mass is 10.2. The monoisotopic (exact) mass is 270 g/mol. The molecular formula is C13H14N6O. The van der Waals surface area contributed by atoms with E-state index in [1.54, 1.807) is 12.3 Å². The number of carbonyl (C=O) groups excluding carboxylic acids is 1. The molecule has 0 aliphatic carbocycles. The average Bonchev–Trinajstić information content (AvgIpc) is 2.99. The van der Waals surface area contributed by atoms with Gasteiger partial charge in [0, 0.05) is 18.0 Å². The first-order chi connectivity index (χ1) is 9.70. The van der Waals surface area contributed by atoms with Crippen LogP contribution in [0.15, 0.2) is 24.8 Å². The van der Waals surface area contributed by atoms with Crippen LogP contribution >= 0.6 is 0 Å². The number of hydrogen-bond acceptors (Lipinski definition) is 5. The molecule has 2 aromatic rings. The van der Waals surface area contributed by atoms with Gasteiger partial charge in [-0.15, -0.1) is 0 Å². The molecule has 7 heteroatoms. The molecule has 1 unspecified atom stereocenters. The van der Waals surface area contributed by atoms with Gasteiger partial charge in [-0.1, -0.05) is 11.8 Å². The molecule has 0 aliphatic heterocycles. The van der Waals surface area contributed by atoms with Gasteiger partial charge in [0.15, 0.2) is 0 Å². The summed E-state index contributed by atoms with van der Waals surface area (Å²) in [6.07, 6.45) is 4.46. The van der Waals surface area contributed by atoms with Gasteiger partial charge in [-0.05, 0) is 13.0 Å². The van der Waals surface area contributed by atoms with E-state index in [2.05, 4.69) is 37.3 Å². The van der Waals surface area contributed by atoms with Crippen LogP contribution in [0.3, 0.4) is 0 Å². The van der Waals surface area contributed by atoms with Crippen LogP contribution in [0.1, 0.15) is 34.7 Å². The molecule has 7 nitrogen and oxygen atoms in total. The summed E-state index contributed by atoms with van der Waals surface area (Å²) >= 11 is 0. The van der Waals surface area contributed by atoms with Gasteiger partial charge in [0.2, 0.25) is 0 Å². The fourth-order valence-electron chi connectivity index (χ4n) is 1.56.